The molecule has 0 bridgehead atoms. The number of nitrogens with zero attached hydrogens (tertiary/aromatic N) is 4. The summed E-state index contributed by atoms with van der Waals surface area (Å²) in [5.41, 5.74) is 9.24. The van der Waals surface area contributed by atoms with Crippen molar-refractivity contribution in [3.8, 4) is 17.2 Å². The van der Waals surface area contributed by atoms with E-state index in [1.54, 1.807) is 10.9 Å². The Bertz CT molecular complexity index is 739. The molecule has 2 aromatic heterocycles. The first kappa shape index (κ1) is 13.4. The van der Waals surface area contributed by atoms with Crippen LogP contribution in [0.25, 0.3) is 17.2 Å². The molecule has 3 aromatic rings. The molecule has 0 saturated heterocycles. The highest BCUT2D eigenvalue weighted by Crippen LogP contribution is 2.29. The van der Waals surface area contributed by atoms with Gasteiger partial charge in [0.25, 0.3) is 0 Å². The minimum absolute atomic E-state index is 0.695. The van der Waals surface area contributed by atoms with Crippen molar-refractivity contribution in [1.29, 1.82) is 0 Å². The average molecular weight is 281 g/mol. The van der Waals surface area contributed by atoms with Crippen molar-refractivity contribution in [2.45, 2.75) is 19.8 Å². The fourth-order valence-corrected chi connectivity index (χ4v) is 2.50. The van der Waals surface area contributed by atoms with Gasteiger partial charge < -0.3 is 10.3 Å². The normalized spacial score (nSPS) is 11.0. The quantitative estimate of drug-likeness (QED) is 0.800. The summed E-state index contributed by atoms with van der Waals surface area (Å²) in [7, 11) is 1.97. The number of para-hydroxylation sites is 1. The van der Waals surface area contributed by atoms with Crippen LogP contribution in [-0.4, -0.2) is 19.3 Å². The Balaban J connectivity index is 2.19. The molecule has 0 saturated carbocycles. The molecule has 0 spiro atoms. The number of nitrogen functional groups attached to an aromatic ring is 1. The molecule has 0 atom stereocenters. The number of benzene rings is 1. The number of anilines is 1. The van der Waals surface area contributed by atoms with Crippen LogP contribution >= 0.6 is 0 Å². The lowest BCUT2D eigenvalue weighted by Crippen LogP contribution is -2.02. The van der Waals surface area contributed by atoms with Gasteiger partial charge >= 0.3 is 0 Å². The molecule has 1 aromatic carbocycles. The van der Waals surface area contributed by atoms with Crippen LogP contribution in [0.15, 0.2) is 42.7 Å². The summed E-state index contributed by atoms with van der Waals surface area (Å²) < 4.78 is 3.77. The minimum Gasteiger partial charge on any atom is -0.383 e. The van der Waals surface area contributed by atoms with Crippen LogP contribution in [0.1, 0.15) is 18.9 Å². The summed E-state index contributed by atoms with van der Waals surface area (Å²) >= 11 is 0. The van der Waals surface area contributed by atoms with Crippen molar-refractivity contribution >= 4 is 5.82 Å². The lowest BCUT2D eigenvalue weighted by atomic mass is 10.1. The maximum absolute atomic E-state index is 6.34. The van der Waals surface area contributed by atoms with Gasteiger partial charge in [0, 0.05) is 25.0 Å². The van der Waals surface area contributed by atoms with Gasteiger partial charge in [0.05, 0.1) is 5.69 Å². The minimum atomic E-state index is 0.695. The van der Waals surface area contributed by atoms with Crippen LogP contribution < -0.4 is 5.73 Å². The van der Waals surface area contributed by atoms with Crippen molar-refractivity contribution in [2.24, 2.45) is 7.05 Å². The molecule has 0 fully saturated rings. The number of rotatable bonds is 4. The predicted molar refractivity (Wildman–Crippen MR) is 84.2 cm³/mol. The van der Waals surface area contributed by atoms with Crippen molar-refractivity contribution in [3.63, 3.8) is 0 Å². The second kappa shape index (κ2) is 5.44. The molecule has 2 heterocycles. The van der Waals surface area contributed by atoms with Crippen molar-refractivity contribution in [1.82, 2.24) is 19.3 Å². The van der Waals surface area contributed by atoms with E-state index in [1.165, 1.54) is 0 Å². The van der Waals surface area contributed by atoms with Gasteiger partial charge in [-0.1, -0.05) is 31.5 Å². The fourth-order valence-electron chi connectivity index (χ4n) is 2.50. The van der Waals surface area contributed by atoms with E-state index in [-0.39, 0.29) is 0 Å². The first-order valence-corrected chi connectivity index (χ1v) is 7.12. The largest absolute Gasteiger partial charge is 0.383 e. The average Bonchev–Trinajstić information content (AvgIpc) is 3.05. The van der Waals surface area contributed by atoms with Crippen molar-refractivity contribution < 1.29 is 0 Å². The van der Waals surface area contributed by atoms with Crippen molar-refractivity contribution in [2.75, 3.05) is 5.73 Å². The molecule has 108 valence electrons. The molecule has 0 amide bonds. The Hall–Kier alpha value is -2.56. The van der Waals surface area contributed by atoms with E-state index in [4.69, 9.17) is 10.8 Å². The Kier molecular flexibility index (Phi) is 3.48. The number of aromatic nitrogens is 4. The molecule has 3 rings (SSSR count). The van der Waals surface area contributed by atoms with Gasteiger partial charge in [-0.2, -0.15) is 5.10 Å². The van der Waals surface area contributed by atoms with E-state index in [1.807, 2.05) is 48.1 Å². The van der Waals surface area contributed by atoms with E-state index < -0.39 is 0 Å². The smallest absolute Gasteiger partial charge is 0.160 e. The third-order valence-electron chi connectivity index (χ3n) is 3.56. The molecule has 0 aliphatic carbocycles. The number of aryl methyl sites for hydroxylation is 1. The SMILES string of the molecule is CCCc1c(-c2nccn2C)nn(-c2ccccc2)c1N. The van der Waals surface area contributed by atoms with E-state index in [2.05, 4.69) is 11.9 Å². The zero-order valence-corrected chi connectivity index (χ0v) is 12.3. The first-order valence-electron chi connectivity index (χ1n) is 7.12. The predicted octanol–water partition coefficient (Wildman–Crippen LogP) is 2.81. The molecular formula is C16H19N5. The van der Waals surface area contributed by atoms with Crippen LogP contribution in [0.3, 0.4) is 0 Å². The lowest BCUT2D eigenvalue weighted by molar-refractivity contribution is 0.869. The van der Waals surface area contributed by atoms with Crippen molar-refractivity contribution in [3.05, 3.63) is 48.3 Å². The van der Waals surface area contributed by atoms with Crippen LogP contribution in [0.4, 0.5) is 5.82 Å². The van der Waals surface area contributed by atoms with Crippen LogP contribution in [0.5, 0.6) is 0 Å². The number of hydrogen-bond acceptors (Lipinski definition) is 3. The zero-order chi connectivity index (χ0) is 14.8. The summed E-state index contributed by atoms with van der Waals surface area (Å²) in [6.45, 7) is 2.14. The molecule has 21 heavy (non-hydrogen) atoms. The standard InChI is InChI=1S/C16H19N5/c1-3-7-13-14(16-18-10-11-20(16)2)19-21(15(13)17)12-8-5-4-6-9-12/h4-6,8-11H,3,7,17H2,1-2H3. The van der Waals surface area contributed by atoms with Gasteiger partial charge in [-0.15, -0.1) is 0 Å². The van der Waals surface area contributed by atoms with Crippen LogP contribution in [0, 0.1) is 0 Å². The monoisotopic (exact) mass is 281 g/mol. The summed E-state index contributed by atoms with van der Waals surface area (Å²) in [4.78, 5) is 4.41. The number of imidazole rings is 1. The highest BCUT2D eigenvalue weighted by molar-refractivity contribution is 5.65. The molecule has 0 aliphatic rings. The highest BCUT2D eigenvalue weighted by Gasteiger charge is 2.19. The Morgan fingerprint density at radius 2 is 1.95 bits per heavy atom. The third-order valence-corrected chi connectivity index (χ3v) is 3.56. The molecule has 0 unspecified atom stereocenters. The van der Waals surface area contributed by atoms with Gasteiger partial charge in [-0.25, -0.2) is 9.67 Å². The molecule has 0 radical (unpaired) electrons. The summed E-state index contributed by atoms with van der Waals surface area (Å²) in [6.07, 6.45) is 5.61. The van der Waals surface area contributed by atoms with Gasteiger partial charge in [-0.05, 0) is 18.6 Å². The van der Waals surface area contributed by atoms with Crippen LogP contribution in [0.2, 0.25) is 0 Å². The van der Waals surface area contributed by atoms with Crippen LogP contribution in [-0.2, 0) is 13.5 Å². The van der Waals surface area contributed by atoms with E-state index in [9.17, 15) is 0 Å². The van der Waals surface area contributed by atoms with Gasteiger partial charge in [0.1, 0.15) is 11.5 Å². The third kappa shape index (κ3) is 2.31. The molecule has 5 nitrogen and oxygen atoms in total. The number of hydrogen-bond donors (Lipinski definition) is 1. The van der Waals surface area contributed by atoms with E-state index in [0.717, 1.165) is 35.6 Å². The summed E-state index contributed by atoms with van der Waals surface area (Å²) in [5, 5.41) is 4.71. The maximum atomic E-state index is 6.34. The number of nitrogens with two attached hydrogens (primary N) is 1. The fraction of sp³-hybridized carbons (Fsp3) is 0.250. The Morgan fingerprint density at radius 1 is 1.19 bits per heavy atom. The second-order valence-corrected chi connectivity index (χ2v) is 5.07. The molecule has 2 N–H and O–H groups in total. The topological polar surface area (TPSA) is 61.7 Å². The van der Waals surface area contributed by atoms with Gasteiger partial charge in [0.15, 0.2) is 5.82 Å². The lowest BCUT2D eigenvalue weighted by Gasteiger charge is -2.04. The second-order valence-electron chi connectivity index (χ2n) is 5.07. The van der Waals surface area contributed by atoms with Gasteiger partial charge in [-0.3, -0.25) is 0 Å². The highest BCUT2D eigenvalue weighted by atomic mass is 15.3. The summed E-state index contributed by atoms with van der Waals surface area (Å²) in [6, 6.07) is 9.95. The zero-order valence-electron chi connectivity index (χ0n) is 12.3. The Morgan fingerprint density at radius 3 is 2.57 bits per heavy atom. The molecular weight excluding hydrogens is 262 g/mol. The van der Waals surface area contributed by atoms with E-state index in [0.29, 0.717) is 5.82 Å². The maximum Gasteiger partial charge on any atom is 0.160 e. The van der Waals surface area contributed by atoms with Gasteiger partial charge in [0.2, 0.25) is 0 Å². The molecule has 5 heteroatoms. The first-order chi connectivity index (χ1) is 10.2. The Labute approximate surface area is 124 Å². The van der Waals surface area contributed by atoms with E-state index >= 15 is 0 Å². The molecule has 0 aliphatic heterocycles. The summed E-state index contributed by atoms with van der Waals surface area (Å²) in [5.74, 6) is 1.54.